The van der Waals surface area contributed by atoms with Gasteiger partial charge in [0.2, 0.25) is 0 Å². The summed E-state index contributed by atoms with van der Waals surface area (Å²) in [5, 5.41) is -0.409. The molecule has 0 fully saturated rings. The van der Waals surface area contributed by atoms with E-state index in [2.05, 4.69) is 72.8 Å². The predicted molar refractivity (Wildman–Crippen MR) is 100 cm³/mol. The highest BCUT2D eigenvalue weighted by atomic mass is 28.3. The van der Waals surface area contributed by atoms with Crippen molar-refractivity contribution >= 4 is 9.28 Å². The lowest BCUT2D eigenvalue weighted by Gasteiger charge is -2.39. The van der Waals surface area contributed by atoms with Crippen LogP contribution in [-0.4, -0.2) is 23.5 Å². The molecule has 0 aliphatic heterocycles. The average Bonchev–Trinajstić information content (AvgIpc) is 2.68. The van der Waals surface area contributed by atoms with E-state index in [1.807, 2.05) is 18.2 Å². The summed E-state index contributed by atoms with van der Waals surface area (Å²) in [5.74, 6) is 0. The van der Waals surface area contributed by atoms with Crippen LogP contribution in [0.25, 0.3) is 0 Å². The Morgan fingerprint density at radius 3 is 1.08 bits per heavy atom. The van der Waals surface area contributed by atoms with E-state index in [0.717, 1.165) is 0 Å². The Balaban J connectivity index is 2.37. The van der Waals surface area contributed by atoms with Gasteiger partial charge < -0.3 is 8.85 Å². The van der Waals surface area contributed by atoms with Crippen molar-refractivity contribution < 1.29 is 8.85 Å². The number of benzene rings is 3. The van der Waals surface area contributed by atoms with E-state index in [-0.39, 0.29) is 0 Å². The molecule has 24 heavy (non-hydrogen) atoms. The Kier molecular flexibility index (Phi) is 5.26. The van der Waals surface area contributed by atoms with Crippen molar-refractivity contribution in [1.82, 2.24) is 0 Å². The summed E-state index contributed by atoms with van der Waals surface area (Å²) in [6.07, 6.45) is 0. The zero-order chi connectivity index (χ0) is 16.8. The van der Waals surface area contributed by atoms with Crippen LogP contribution in [0.5, 0.6) is 0 Å². The van der Waals surface area contributed by atoms with E-state index in [1.54, 1.807) is 14.2 Å². The second kappa shape index (κ2) is 7.58. The van der Waals surface area contributed by atoms with Gasteiger partial charge in [-0.2, -0.15) is 0 Å². The summed E-state index contributed by atoms with van der Waals surface area (Å²) in [7, 11) is 1.39. The minimum Gasteiger partial charge on any atom is -0.399 e. The van der Waals surface area contributed by atoms with Gasteiger partial charge >= 0.3 is 9.28 Å². The van der Waals surface area contributed by atoms with Crippen LogP contribution >= 0.6 is 0 Å². The first-order valence-electron chi connectivity index (χ1n) is 8.06. The summed E-state index contributed by atoms with van der Waals surface area (Å²) in [4.78, 5) is 0. The van der Waals surface area contributed by atoms with Crippen LogP contribution in [-0.2, 0) is 13.9 Å². The van der Waals surface area contributed by atoms with Crippen molar-refractivity contribution in [2.45, 2.75) is 5.04 Å². The molecule has 0 unspecified atom stereocenters. The highest BCUT2D eigenvalue weighted by Gasteiger charge is 2.47. The molecule has 0 N–H and O–H groups in total. The van der Waals surface area contributed by atoms with Gasteiger partial charge in [-0.15, -0.1) is 0 Å². The van der Waals surface area contributed by atoms with E-state index < -0.39 is 14.3 Å². The summed E-state index contributed by atoms with van der Waals surface area (Å²) < 4.78 is 11.9. The fraction of sp³-hybridized carbons (Fsp3) is 0.143. The van der Waals surface area contributed by atoms with Crippen LogP contribution in [0.4, 0.5) is 0 Å². The molecule has 122 valence electrons. The monoisotopic (exact) mass is 334 g/mol. The van der Waals surface area contributed by atoms with Gasteiger partial charge in [0.1, 0.15) is 0 Å². The summed E-state index contributed by atoms with van der Waals surface area (Å²) in [6, 6.07) is 31.6. The van der Waals surface area contributed by atoms with Gasteiger partial charge in [-0.3, -0.25) is 0 Å². The van der Waals surface area contributed by atoms with Crippen LogP contribution in [0, 0.1) is 0 Å². The summed E-state index contributed by atoms with van der Waals surface area (Å²) in [6.45, 7) is 0. The largest absolute Gasteiger partial charge is 0.399 e. The third-order valence-corrected chi connectivity index (χ3v) is 7.03. The molecule has 0 spiro atoms. The molecule has 0 aromatic heterocycles. The van der Waals surface area contributed by atoms with Crippen molar-refractivity contribution in [1.29, 1.82) is 0 Å². The van der Waals surface area contributed by atoms with Crippen LogP contribution in [0.1, 0.15) is 16.7 Å². The van der Waals surface area contributed by atoms with Crippen molar-refractivity contribution in [2.75, 3.05) is 14.2 Å². The molecule has 3 heteroatoms. The van der Waals surface area contributed by atoms with Gasteiger partial charge in [0, 0.05) is 14.2 Å². The van der Waals surface area contributed by atoms with E-state index in [4.69, 9.17) is 8.85 Å². The molecule has 0 heterocycles. The van der Waals surface area contributed by atoms with E-state index in [9.17, 15) is 0 Å². The van der Waals surface area contributed by atoms with Crippen LogP contribution in [0.3, 0.4) is 0 Å². The van der Waals surface area contributed by atoms with Gasteiger partial charge in [-0.1, -0.05) is 91.0 Å². The molecule has 0 amide bonds. The Hall–Kier alpha value is -2.20. The average molecular weight is 334 g/mol. The SMILES string of the molecule is CO[SiH](OC)C(c1ccccc1)(c1ccccc1)c1ccccc1. The topological polar surface area (TPSA) is 18.5 Å². The van der Waals surface area contributed by atoms with Crippen LogP contribution in [0.15, 0.2) is 91.0 Å². The molecular weight excluding hydrogens is 312 g/mol. The van der Waals surface area contributed by atoms with Crippen molar-refractivity contribution in [2.24, 2.45) is 0 Å². The minimum atomic E-state index is -2.12. The Morgan fingerprint density at radius 1 is 0.542 bits per heavy atom. The maximum Gasteiger partial charge on any atom is 0.341 e. The van der Waals surface area contributed by atoms with E-state index in [1.165, 1.54) is 16.7 Å². The number of hydrogen-bond donors (Lipinski definition) is 0. The highest BCUT2D eigenvalue weighted by Crippen LogP contribution is 2.41. The van der Waals surface area contributed by atoms with Crippen molar-refractivity contribution in [3.8, 4) is 0 Å². The molecule has 0 saturated heterocycles. The maximum absolute atomic E-state index is 5.94. The molecular formula is C21H22O2Si. The highest BCUT2D eigenvalue weighted by molar-refractivity contribution is 6.51. The standard InChI is InChI=1S/C21H22O2Si/c1-22-24(23-2)21(18-12-6-3-7-13-18,19-14-8-4-9-15-19)20-16-10-5-11-17-20/h3-17,24H,1-2H3. The van der Waals surface area contributed by atoms with Gasteiger partial charge in [0.05, 0.1) is 5.04 Å². The lowest BCUT2D eigenvalue weighted by Crippen LogP contribution is -2.48. The first-order chi connectivity index (χ1) is 11.8. The third kappa shape index (κ3) is 2.82. The summed E-state index contributed by atoms with van der Waals surface area (Å²) in [5.41, 5.74) is 3.59. The molecule has 0 aliphatic rings. The summed E-state index contributed by atoms with van der Waals surface area (Å²) >= 11 is 0. The maximum atomic E-state index is 5.94. The molecule has 3 aromatic carbocycles. The van der Waals surface area contributed by atoms with Crippen LogP contribution < -0.4 is 0 Å². The van der Waals surface area contributed by atoms with E-state index in [0.29, 0.717) is 0 Å². The zero-order valence-corrected chi connectivity index (χ0v) is 15.2. The zero-order valence-electron chi connectivity index (χ0n) is 14.1. The lowest BCUT2D eigenvalue weighted by molar-refractivity contribution is 0.259. The quantitative estimate of drug-likeness (QED) is 0.500. The second-order valence-electron chi connectivity index (χ2n) is 5.71. The fourth-order valence-corrected chi connectivity index (χ4v) is 5.75. The molecule has 0 atom stereocenters. The van der Waals surface area contributed by atoms with Crippen molar-refractivity contribution in [3.05, 3.63) is 108 Å². The first kappa shape index (κ1) is 16.6. The smallest absolute Gasteiger partial charge is 0.341 e. The fourth-order valence-electron chi connectivity index (χ4n) is 3.46. The molecule has 3 aromatic rings. The Morgan fingerprint density at radius 2 is 0.833 bits per heavy atom. The predicted octanol–water partition coefficient (Wildman–Crippen LogP) is 4.07. The number of rotatable bonds is 6. The van der Waals surface area contributed by atoms with Crippen LogP contribution in [0.2, 0.25) is 0 Å². The molecule has 2 nitrogen and oxygen atoms in total. The Labute approximate surface area is 145 Å². The van der Waals surface area contributed by atoms with Gasteiger partial charge in [0.25, 0.3) is 0 Å². The molecule has 0 aliphatic carbocycles. The third-order valence-electron chi connectivity index (χ3n) is 4.47. The normalized spacial score (nSPS) is 11.6. The molecule has 0 bridgehead atoms. The first-order valence-corrected chi connectivity index (χ1v) is 9.58. The van der Waals surface area contributed by atoms with Gasteiger partial charge in [-0.25, -0.2) is 0 Å². The van der Waals surface area contributed by atoms with Gasteiger partial charge in [0.15, 0.2) is 0 Å². The molecule has 3 rings (SSSR count). The second-order valence-corrected chi connectivity index (χ2v) is 8.18. The minimum absolute atomic E-state index is 0.409. The van der Waals surface area contributed by atoms with E-state index >= 15 is 0 Å². The van der Waals surface area contributed by atoms with Gasteiger partial charge in [-0.05, 0) is 16.7 Å². The Bertz CT molecular complexity index is 644. The molecule has 0 radical (unpaired) electrons. The lowest BCUT2D eigenvalue weighted by atomic mass is 9.84. The van der Waals surface area contributed by atoms with Crippen molar-refractivity contribution in [3.63, 3.8) is 0 Å². The number of hydrogen-bond acceptors (Lipinski definition) is 2. The molecule has 0 saturated carbocycles.